The van der Waals surface area contributed by atoms with Crippen molar-refractivity contribution in [3.63, 3.8) is 0 Å². The lowest BCUT2D eigenvalue weighted by Gasteiger charge is -2.22. The Hall–Kier alpha value is -3.21. The third-order valence-corrected chi connectivity index (χ3v) is 6.89. The van der Waals surface area contributed by atoms with Crippen LogP contribution in [-0.2, 0) is 10.0 Å². The lowest BCUT2D eigenvalue weighted by molar-refractivity contribution is 0.572. The maximum atomic E-state index is 13.2. The van der Waals surface area contributed by atoms with E-state index < -0.39 is 16.1 Å². The Balaban J connectivity index is 1.73. The lowest BCUT2D eigenvalue weighted by atomic mass is 9.94. The highest BCUT2D eigenvalue weighted by atomic mass is 32.2. The van der Waals surface area contributed by atoms with Crippen molar-refractivity contribution in [1.29, 1.82) is 0 Å². The zero-order chi connectivity index (χ0) is 21.8. The summed E-state index contributed by atoms with van der Waals surface area (Å²) in [5, 5.41) is 0. The molecule has 0 unspecified atom stereocenters. The first-order chi connectivity index (χ1) is 14.9. The molecule has 0 saturated carbocycles. The summed E-state index contributed by atoms with van der Waals surface area (Å²) >= 11 is 0. The van der Waals surface area contributed by atoms with Crippen LogP contribution in [0.3, 0.4) is 0 Å². The van der Waals surface area contributed by atoms with Gasteiger partial charge in [0.1, 0.15) is 0 Å². The van der Waals surface area contributed by atoms with Crippen LogP contribution in [0.5, 0.6) is 0 Å². The number of aryl methyl sites for hydroxylation is 2. The number of nitrogens with one attached hydrogen (secondary N) is 1. The Kier molecular flexibility index (Phi) is 6.03. The van der Waals surface area contributed by atoms with Gasteiger partial charge in [-0.3, -0.25) is 0 Å². The molecule has 3 nitrogen and oxygen atoms in total. The van der Waals surface area contributed by atoms with Gasteiger partial charge in [0, 0.05) is 0 Å². The minimum Gasteiger partial charge on any atom is -0.207 e. The lowest BCUT2D eigenvalue weighted by Crippen LogP contribution is -2.30. The van der Waals surface area contributed by atoms with Crippen LogP contribution in [0.4, 0.5) is 0 Å². The minimum atomic E-state index is -3.70. The van der Waals surface area contributed by atoms with Gasteiger partial charge in [-0.15, -0.1) is 0 Å². The summed E-state index contributed by atoms with van der Waals surface area (Å²) in [4.78, 5) is 0.262. The molecule has 1 atom stereocenters. The predicted molar refractivity (Wildman–Crippen MR) is 126 cm³/mol. The van der Waals surface area contributed by atoms with Crippen molar-refractivity contribution in [2.24, 2.45) is 0 Å². The van der Waals surface area contributed by atoms with Crippen molar-refractivity contribution in [3.8, 4) is 11.1 Å². The summed E-state index contributed by atoms with van der Waals surface area (Å²) in [6.07, 6.45) is 0. The fourth-order valence-corrected chi connectivity index (χ4v) is 4.86. The largest absolute Gasteiger partial charge is 0.241 e. The number of hydrogen-bond acceptors (Lipinski definition) is 2. The molecule has 4 aromatic rings. The average molecular weight is 428 g/mol. The van der Waals surface area contributed by atoms with Gasteiger partial charge >= 0.3 is 0 Å². The third-order valence-electron chi connectivity index (χ3n) is 5.45. The Labute approximate surface area is 184 Å². The Bertz CT molecular complexity index is 1260. The van der Waals surface area contributed by atoms with Crippen LogP contribution >= 0.6 is 0 Å². The van der Waals surface area contributed by atoms with E-state index in [1.54, 1.807) is 12.1 Å². The molecule has 0 fully saturated rings. The molecule has 0 aliphatic carbocycles. The predicted octanol–water partition coefficient (Wildman–Crippen LogP) is 6.04. The molecule has 4 heteroatoms. The first kappa shape index (κ1) is 21.0. The quantitative estimate of drug-likeness (QED) is 0.408. The highest BCUT2D eigenvalue weighted by molar-refractivity contribution is 7.89. The zero-order valence-electron chi connectivity index (χ0n) is 17.6. The van der Waals surface area contributed by atoms with Crippen molar-refractivity contribution < 1.29 is 8.42 Å². The highest BCUT2D eigenvalue weighted by Crippen LogP contribution is 2.29. The fraction of sp³-hybridized carbons (Fsp3) is 0.111. The maximum absolute atomic E-state index is 13.2. The van der Waals surface area contributed by atoms with Crippen LogP contribution < -0.4 is 4.72 Å². The van der Waals surface area contributed by atoms with E-state index in [9.17, 15) is 8.42 Å². The molecule has 31 heavy (non-hydrogen) atoms. The second kappa shape index (κ2) is 8.88. The zero-order valence-corrected chi connectivity index (χ0v) is 18.4. The Morgan fingerprint density at radius 1 is 0.645 bits per heavy atom. The molecule has 0 spiro atoms. The summed E-state index contributed by atoms with van der Waals surface area (Å²) in [6.45, 7) is 3.94. The highest BCUT2D eigenvalue weighted by Gasteiger charge is 2.24. The van der Waals surface area contributed by atoms with Gasteiger partial charge in [-0.05, 0) is 53.8 Å². The van der Waals surface area contributed by atoms with Crippen LogP contribution in [0, 0.1) is 13.8 Å². The van der Waals surface area contributed by atoms with Gasteiger partial charge in [-0.2, -0.15) is 4.72 Å². The van der Waals surface area contributed by atoms with Crippen LogP contribution in [0.25, 0.3) is 11.1 Å². The van der Waals surface area contributed by atoms with Gasteiger partial charge in [-0.1, -0.05) is 96.6 Å². The monoisotopic (exact) mass is 427 g/mol. The molecule has 4 aromatic carbocycles. The second-order valence-corrected chi connectivity index (χ2v) is 9.43. The van der Waals surface area contributed by atoms with Crippen LogP contribution in [-0.4, -0.2) is 8.42 Å². The van der Waals surface area contributed by atoms with E-state index in [2.05, 4.69) is 16.9 Å². The van der Waals surface area contributed by atoms with E-state index in [1.807, 2.05) is 92.7 Å². The van der Waals surface area contributed by atoms with E-state index in [0.717, 1.165) is 33.4 Å². The van der Waals surface area contributed by atoms with Crippen molar-refractivity contribution >= 4 is 10.0 Å². The number of sulfonamides is 1. The normalized spacial score (nSPS) is 12.5. The van der Waals surface area contributed by atoms with Gasteiger partial charge in [0.05, 0.1) is 10.9 Å². The summed E-state index contributed by atoms with van der Waals surface area (Å²) in [5.74, 6) is 0. The fourth-order valence-electron chi connectivity index (χ4n) is 3.66. The molecule has 0 aliphatic rings. The van der Waals surface area contributed by atoms with Crippen molar-refractivity contribution in [1.82, 2.24) is 4.72 Å². The van der Waals surface area contributed by atoms with E-state index >= 15 is 0 Å². The molecule has 0 radical (unpaired) electrons. The first-order valence-corrected chi connectivity index (χ1v) is 11.7. The molecule has 4 rings (SSSR count). The van der Waals surface area contributed by atoms with Crippen LogP contribution in [0.2, 0.25) is 0 Å². The minimum absolute atomic E-state index is 0.262. The van der Waals surface area contributed by atoms with Crippen molar-refractivity contribution in [3.05, 3.63) is 125 Å². The number of hydrogen-bond donors (Lipinski definition) is 1. The standard InChI is InChI=1S/C27H25NO2S/c1-20-12-18-25(19-13-20)31(29,30)28-27(26-11-7-6-8-21(26)2)24-16-14-23(15-17-24)22-9-4-3-5-10-22/h3-19,27-28H,1-2H3/t27-/m0/s1. The molecule has 0 aliphatic heterocycles. The summed E-state index contributed by atoms with van der Waals surface area (Å²) in [6, 6.07) is 32.5. The van der Waals surface area contributed by atoms with Crippen LogP contribution in [0.15, 0.2) is 108 Å². The maximum Gasteiger partial charge on any atom is 0.241 e. The molecule has 0 bridgehead atoms. The molecule has 1 N–H and O–H groups in total. The van der Waals surface area contributed by atoms with Crippen molar-refractivity contribution in [2.45, 2.75) is 24.8 Å². The Morgan fingerprint density at radius 2 is 1.23 bits per heavy atom. The summed E-state index contributed by atoms with van der Waals surface area (Å²) in [5.41, 5.74) is 6.10. The van der Waals surface area contributed by atoms with E-state index in [4.69, 9.17) is 0 Å². The van der Waals surface area contributed by atoms with E-state index in [1.165, 1.54) is 0 Å². The van der Waals surface area contributed by atoms with Gasteiger partial charge in [0.2, 0.25) is 10.0 Å². The smallest absolute Gasteiger partial charge is 0.207 e. The van der Waals surface area contributed by atoms with Crippen LogP contribution in [0.1, 0.15) is 28.3 Å². The summed E-state index contributed by atoms with van der Waals surface area (Å²) < 4.78 is 29.3. The topological polar surface area (TPSA) is 46.2 Å². The first-order valence-electron chi connectivity index (χ1n) is 10.2. The van der Waals surface area contributed by atoms with Gasteiger partial charge in [0.15, 0.2) is 0 Å². The Morgan fingerprint density at radius 3 is 1.87 bits per heavy atom. The van der Waals surface area contributed by atoms with E-state index in [0.29, 0.717) is 0 Å². The molecule has 0 heterocycles. The summed E-state index contributed by atoms with van der Waals surface area (Å²) in [7, 11) is -3.70. The van der Waals surface area contributed by atoms with Crippen molar-refractivity contribution in [2.75, 3.05) is 0 Å². The van der Waals surface area contributed by atoms with Gasteiger partial charge < -0.3 is 0 Å². The molecular weight excluding hydrogens is 402 g/mol. The van der Waals surface area contributed by atoms with E-state index in [-0.39, 0.29) is 4.90 Å². The number of rotatable bonds is 6. The molecule has 0 amide bonds. The molecule has 156 valence electrons. The molecular formula is C27H25NO2S. The third kappa shape index (κ3) is 4.76. The molecule has 0 aromatic heterocycles. The SMILES string of the molecule is Cc1ccc(S(=O)(=O)N[C@@H](c2ccc(-c3ccccc3)cc2)c2ccccc2C)cc1. The van der Waals surface area contributed by atoms with Gasteiger partial charge in [-0.25, -0.2) is 8.42 Å². The molecule has 0 saturated heterocycles. The second-order valence-electron chi connectivity index (χ2n) is 7.71. The average Bonchev–Trinajstić information content (AvgIpc) is 2.79. The van der Waals surface area contributed by atoms with Gasteiger partial charge in [0.25, 0.3) is 0 Å². The number of benzene rings is 4.